The van der Waals surface area contributed by atoms with E-state index in [1.807, 2.05) is 0 Å². The van der Waals surface area contributed by atoms with Crippen LogP contribution in [0.5, 0.6) is 0 Å². The van der Waals surface area contributed by atoms with Crippen LogP contribution in [0.25, 0.3) is 10.9 Å². The number of hydrogen-bond donors (Lipinski definition) is 2. The van der Waals surface area contributed by atoms with Crippen LogP contribution in [-0.4, -0.2) is 11.5 Å². The zero-order valence-corrected chi connectivity index (χ0v) is 8.51. The van der Waals surface area contributed by atoms with Gasteiger partial charge in [-0.3, -0.25) is 0 Å². The first-order valence-corrected chi connectivity index (χ1v) is 5.14. The third-order valence-electron chi connectivity index (χ3n) is 2.65. The fourth-order valence-corrected chi connectivity index (χ4v) is 1.84. The summed E-state index contributed by atoms with van der Waals surface area (Å²) in [6.07, 6.45) is 4.13. The molecule has 2 heteroatoms. The van der Waals surface area contributed by atoms with E-state index in [1.165, 1.54) is 22.0 Å². The van der Waals surface area contributed by atoms with Crippen LogP contribution in [-0.2, 0) is 12.8 Å². The normalized spacial score (nSPS) is 11.0. The van der Waals surface area contributed by atoms with E-state index in [0.717, 1.165) is 19.4 Å². The molecular weight excluding hydrogens is 172 g/mol. The summed E-state index contributed by atoms with van der Waals surface area (Å²) < 4.78 is 0. The fraction of sp³-hybridized carbons (Fsp3) is 0.333. The van der Waals surface area contributed by atoms with Crippen LogP contribution in [0.2, 0.25) is 0 Å². The zero-order chi connectivity index (χ0) is 9.97. The number of fused-ring (bicyclic) bond motifs is 1. The summed E-state index contributed by atoms with van der Waals surface area (Å²) in [5.74, 6) is 0. The average Bonchev–Trinajstić information content (AvgIpc) is 2.60. The Morgan fingerprint density at radius 3 is 2.93 bits per heavy atom. The number of H-pyrrole nitrogens is 1. The molecule has 1 heterocycles. The minimum atomic E-state index is 0.720. The molecule has 0 aliphatic carbocycles. The molecule has 74 valence electrons. The van der Waals surface area contributed by atoms with Gasteiger partial charge in [0, 0.05) is 17.1 Å². The molecule has 0 aliphatic heterocycles. The Balaban J connectivity index is 2.50. The molecule has 0 atom stereocenters. The molecule has 14 heavy (non-hydrogen) atoms. The average molecular weight is 188 g/mol. The van der Waals surface area contributed by atoms with Crippen molar-refractivity contribution in [3.8, 4) is 0 Å². The predicted molar refractivity (Wildman–Crippen MR) is 60.4 cm³/mol. The fourth-order valence-electron chi connectivity index (χ4n) is 1.84. The topological polar surface area (TPSA) is 41.8 Å². The lowest BCUT2D eigenvalue weighted by atomic mass is 10.1. The standard InChI is InChI=1S/C12H16N2/c1-2-10-8-14-12-4-3-9(5-6-13)7-11(10)12/h3-4,7-8,14H,2,5-6,13H2,1H3. The highest BCUT2D eigenvalue weighted by Crippen LogP contribution is 2.20. The van der Waals surface area contributed by atoms with Crippen molar-refractivity contribution in [1.29, 1.82) is 0 Å². The lowest BCUT2D eigenvalue weighted by molar-refractivity contribution is 0.970. The van der Waals surface area contributed by atoms with Gasteiger partial charge in [0.2, 0.25) is 0 Å². The number of aromatic amines is 1. The second-order valence-electron chi connectivity index (χ2n) is 3.59. The molecule has 1 aromatic heterocycles. The molecule has 0 aliphatic rings. The second-order valence-corrected chi connectivity index (χ2v) is 3.59. The highest BCUT2D eigenvalue weighted by Gasteiger charge is 2.02. The molecule has 1 aromatic carbocycles. The molecule has 0 amide bonds. The first kappa shape index (κ1) is 9.28. The van der Waals surface area contributed by atoms with Gasteiger partial charge in [-0.1, -0.05) is 13.0 Å². The summed E-state index contributed by atoms with van der Waals surface area (Å²) in [6.45, 7) is 2.90. The molecule has 2 rings (SSSR count). The Morgan fingerprint density at radius 1 is 1.36 bits per heavy atom. The van der Waals surface area contributed by atoms with E-state index in [0.29, 0.717) is 0 Å². The van der Waals surface area contributed by atoms with Crippen LogP contribution >= 0.6 is 0 Å². The third kappa shape index (κ3) is 1.53. The molecule has 0 spiro atoms. The molecule has 2 aromatic rings. The van der Waals surface area contributed by atoms with Crippen LogP contribution in [0, 0.1) is 0 Å². The number of aryl methyl sites for hydroxylation is 1. The van der Waals surface area contributed by atoms with Gasteiger partial charge in [0.05, 0.1) is 0 Å². The first-order valence-electron chi connectivity index (χ1n) is 5.14. The summed E-state index contributed by atoms with van der Waals surface area (Å²) in [4.78, 5) is 3.28. The quantitative estimate of drug-likeness (QED) is 0.762. The Hall–Kier alpha value is -1.28. The second kappa shape index (κ2) is 3.84. The maximum absolute atomic E-state index is 5.54. The summed E-state index contributed by atoms with van der Waals surface area (Å²) in [7, 11) is 0. The predicted octanol–water partition coefficient (Wildman–Crippen LogP) is 2.23. The SMILES string of the molecule is CCc1c[nH]c2ccc(CCN)cc12. The van der Waals surface area contributed by atoms with Gasteiger partial charge in [-0.15, -0.1) is 0 Å². The molecule has 0 saturated heterocycles. The van der Waals surface area contributed by atoms with Gasteiger partial charge in [0.1, 0.15) is 0 Å². The third-order valence-corrected chi connectivity index (χ3v) is 2.65. The Kier molecular flexibility index (Phi) is 2.55. The summed E-state index contributed by atoms with van der Waals surface area (Å²) in [5.41, 5.74) is 9.48. The monoisotopic (exact) mass is 188 g/mol. The van der Waals surface area contributed by atoms with Gasteiger partial charge in [-0.25, -0.2) is 0 Å². The van der Waals surface area contributed by atoms with Crippen molar-refractivity contribution in [1.82, 2.24) is 4.98 Å². The Morgan fingerprint density at radius 2 is 2.21 bits per heavy atom. The van der Waals surface area contributed by atoms with Gasteiger partial charge >= 0.3 is 0 Å². The molecule has 3 N–H and O–H groups in total. The lowest BCUT2D eigenvalue weighted by Crippen LogP contribution is -2.02. The number of hydrogen-bond acceptors (Lipinski definition) is 1. The Bertz CT molecular complexity index is 429. The van der Waals surface area contributed by atoms with Gasteiger partial charge < -0.3 is 10.7 Å². The van der Waals surface area contributed by atoms with Crippen molar-refractivity contribution >= 4 is 10.9 Å². The van der Waals surface area contributed by atoms with Crippen LogP contribution < -0.4 is 5.73 Å². The van der Waals surface area contributed by atoms with E-state index < -0.39 is 0 Å². The number of aromatic nitrogens is 1. The van der Waals surface area contributed by atoms with Crippen molar-refractivity contribution in [3.63, 3.8) is 0 Å². The Labute approximate surface area is 84.1 Å². The minimum absolute atomic E-state index is 0.720. The van der Waals surface area contributed by atoms with E-state index in [1.54, 1.807) is 0 Å². The number of nitrogens with two attached hydrogens (primary N) is 1. The first-order chi connectivity index (χ1) is 6.85. The highest BCUT2D eigenvalue weighted by atomic mass is 14.7. The number of rotatable bonds is 3. The molecule has 0 bridgehead atoms. The molecule has 0 unspecified atom stereocenters. The zero-order valence-electron chi connectivity index (χ0n) is 8.51. The number of nitrogens with one attached hydrogen (secondary N) is 1. The maximum atomic E-state index is 5.54. The van der Waals surface area contributed by atoms with E-state index in [2.05, 4.69) is 36.3 Å². The van der Waals surface area contributed by atoms with E-state index >= 15 is 0 Å². The molecule has 0 radical (unpaired) electrons. The molecule has 0 fully saturated rings. The van der Waals surface area contributed by atoms with E-state index in [9.17, 15) is 0 Å². The summed E-state index contributed by atoms with van der Waals surface area (Å²) in [6, 6.07) is 6.53. The summed E-state index contributed by atoms with van der Waals surface area (Å²) >= 11 is 0. The van der Waals surface area contributed by atoms with E-state index in [4.69, 9.17) is 5.73 Å². The lowest BCUT2D eigenvalue weighted by Gasteiger charge is -2.00. The van der Waals surface area contributed by atoms with Crippen LogP contribution in [0.15, 0.2) is 24.4 Å². The van der Waals surface area contributed by atoms with Gasteiger partial charge in [0.25, 0.3) is 0 Å². The summed E-state index contributed by atoms with van der Waals surface area (Å²) in [5, 5.41) is 1.35. The van der Waals surface area contributed by atoms with Crippen LogP contribution in [0.4, 0.5) is 0 Å². The molecule has 0 saturated carbocycles. The van der Waals surface area contributed by atoms with Gasteiger partial charge in [-0.05, 0) is 42.6 Å². The van der Waals surface area contributed by atoms with Crippen molar-refractivity contribution in [2.45, 2.75) is 19.8 Å². The van der Waals surface area contributed by atoms with Crippen molar-refractivity contribution in [2.75, 3.05) is 6.54 Å². The number of benzene rings is 1. The van der Waals surface area contributed by atoms with Crippen molar-refractivity contribution in [2.24, 2.45) is 5.73 Å². The molecule has 2 nitrogen and oxygen atoms in total. The van der Waals surface area contributed by atoms with Crippen molar-refractivity contribution < 1.29 is 0 Å². The van der Waals surface area contributed by atoms with Crippen LogP contribution in [0.1, 0.15) is 18.1 Å². The van der Waals surface area contributed by atoms with E-state index in [-0.39, 0.29) is 0 Å². The highest BCUT2D eigenvalue weighted by molar-refractivity contribution is 5.83. The molecular formula is C12H16N2. The van der Waals surface area contributed by atoms with Gasteiger partial charge in [0.15, 0.2) is 0 Å². The van der Waals surface area contributed by atoms with Crippen molar-refractivity contribution in [3.05, 3.63) is 35.5 Å². The smallest absolute Gasteiger partial charge is 0.0456 e. The minimum Gasteiger partial charge on any atom is -0.361 e. The van der Waals surface area contributed by atoms with Crippen LogP contribution in [0.3, 0.4) is 0 Å². The van der Waals surface area contributed by atoms with Gasteiger partial charge in [-0.2, -0.15) is 0 Å². The maximum Gasteiger partial charge on any atom is 0.0456 e. The largest absolute Gasteiger partial charge is 0.361 e.